The molecule has 0 aromatic heterocycles. The summed E-state index contributed by atoms with van der Waals surface area (Å²) in [4.78, 5) is 12.4. The van der Waals surface area contributed by atoms with Crippen LogP contribution in [0.4, 0.5) is 18.9 Å². The quantitative estimate of drug-likeness (QED) is 0.732. The number of benzene rings is 2. The number of ether oxygens (including phenoxy) is 2. The molecular weight excluding hydrogens is 359 g/mol. The van der Waals surface area contributed by atoms with Crippen molar-refractivity contribution < 1.29 is 27.4 Å². The number of alkyl halides is 3. The minimum Gasteiger partial charge on any atom is -0.497 e. The Hall–Kier alpha value is -2.70. The van der Waals surface area contributed by atoms with Crippen molar-refractivity contribution in [2.24, 2.45) is 5.92 Å². The first-order valence-corrected chi connectivity index (χ1v) is 8.71. The number of rotatable bonds is 5. The molecule has 7 heteroatoms. The van der Waals surface area contributed by atoms with Crippen molar-refractivity contribution in [1.29, 1.82) is 0 Å². The van der Waals surface area contributed by atoms with Crippen LogP contribution in [0.15, 0.2) is 42.5 Å². The van der Waals surface area contributed by atoms with Gasteiger partial charge in [-0.25, -0.2) is 0 Å². The highest BCUT2D eigenvalue weighted by molar-refractivity contribution is 5.94. The fraction of sp³-hybridized carbons (Fsp3) is 0.350. The summed E-state index contributed by atoms with van der Waals surface area (Å²) >= 11 is 0. The molecule has 0 aliphatic heterocycles. The van der Waals surface area contributed by atoms with Crippen molar-refractivity contribution in [3.8, 4) is 17.2 Å². The van der Waals surface area contributed by atoms with E-state index in [0.29, 0.717) is 11.5 Å². The molecule has 0 spiro atoms. The normalized spacial score (nSPS) is 14.8. The first kappa shape index (κ1) is 19.1. The molecule has 1 saturated carbocycles. The van der Waals surface area contributed by atoms with Crippen LogP contribution in [-0.4, -0.2) is 13.0 Å². The number of anilines is 1. The number of nitrogens with one attached hydrogen (secondary N) is 1. The molecule has 1 amide bonds. The topological polar surface area (TPSA) is 47.6 Å². The van der Waals surface area contributed by atoms with Crippen molar-refractivity contribution >= 4 is 11.6 Å². The molecule has 2 aromatic carbocycles. The largest absolute Gasteiger partial charge is 0.497 e. The van der Waals surface area contributed by atoms with Gasteiger partial charge >= 0.3 is 6.18 Å². The van der Waals surface area contributed by atoms with Gasteiger partial charge in [0, 0.05) is 12.0 Å². The van der Waals surface area contributed by atoms with Gasteiger partial charge in [-0.2, -0.15) is 13.2 Å². The van der Waals surface area contributed by atoms with Gasteiger partial charge in [0.15, 0.2) is 5.75 Å². The van der Waals surface area contributed by atoms with E-state index in [1.807, 2.05) is 0 Å². The number of carbonyl (C=O) groups excluding carboxylic acids is 1. The number of halogens is 3. The second-order valence-electron chi connectivity index (χ2n) is 6.46. The third-order valence-electron chi connectivity index (χ3n) is 4.56. The van der Waals surface area contributed by atoms with E-state index >= 15 is 0 Å². The van der Waals surface area contributed by atoms with E-state index in [0.717, 1.165) is 37.8 Å². The van der Waals surface area contributed by atoms with Crippen molar-refractivity contribution in [2.45, 2.75) is 31.9 Å². The third kappa shape index (κ3) is 4.72. The monoisotopic (exact) mass is 379 g/mol. The Kier molecular flexibility index (Phi) is 5.58. The summed E-state index contributed by atoms with van der Waals surface area (Å²) in [5, 5.41) is 2.62. The van der Waals surface area contributed by atoms with Crippen molar-refractivity contribution in [3.63, 3.8) is 0 Å². The van der Waals surface area contributed by atoms with Crippen LogP contribution in [0.5, 0.6) is 17.2 Å². The average Bonchev–Trinajstić information content (AvgIpc) is 3.17. The van der Waals surface area contributed by atoms with Crippen LogP contribution in [-0.2, 0) is 11.0 Å². The van der Waals surface area contributed by atoms with Crippen LogP contribution in [0.2, 0.25) is 0 Å². The van der Waals surface area contributed by atoms with Crippen LogP contribution >= 0.6 is 0 Å². The van der Waals surface area contributed by atoms with Gasteiger partial charge in [-0.3, -0.25) is 4.79 Å². The fourth-order valence-corrected chi connectivity index (χ4v) is 3.11. The second-order valence-corrected chi connectivity index (χ2v) is 6.46. The molecule has 0 radical (unpaired) electrons. The Morgan fingerprint density at radius 2 is 1.78 bits per heavy atom. The van der Waals surface area contributed by atoms with Crippen molar-refractivity contribution in [3.05, 3.63) is 48.0 Å². The summed E-state index contributed by atoms with van der Waals surface area (Å²) in [5.41, 5.74) is -0.841. The fourth-order valence-electron chi connectivity index (χ4n) is 3.11. The summed E-state index contributed by atoms with van der Waals surface area (Å²) in [6.45, 7) is 0. The lowest BCUT2D eigenvalue weighted by Gasteiger charge is -2.17. The molecule has 1 N–H and O–H groups in total. The van der Waals surface area contributed by atoms with Crippen molar-refractivity contribution in [1.82, 2.24) is 0 Å². The lowest BCUT2D eigenvalue weighted by atomic mass is 10.1. The van der Waals surface area contributed by atoms with Gasteiger partial charge in [-0.1, -0.05) is 18.9 Å². The second kappa shape index (κ2) is 7.90. The molecular formula is C20H20F3NO3. The van der Waals surface area contributed by atoms with Gasteiger partial charge in [0.05, 0.1) is 18.4 Å². The smallest absolute Gasteiger partial charge is 0.416 e. The molecule has 4 nitrogen and oxygen atoms in total. The maximum absolute atomic E-state index is 13.1. The van der Waals surface area contributed by atoms with E-state index in [1.165, 1.54) is 13.2 Å². The van der Waals surface area contributed by atoms with E-state index in [1.54, 1.807) is 24.3 Å². The maximum atomic E-state index is 13.1. The van der Waals surface area contributed by atoms with E-state index in [2.05, 4.69) is 5.32 Å². The van der Waals surface area contributed by atoms with Crippen LogP contribution in [0.25, 0.3) is 0 Å². The number of hydrogen-bond acceptors (Lipinski definition) is 3. The number of hydrogen-bond donors (Lipinski definition) is 1. The predicted molar refractivity (Wildman–Crippen MR) is 95.1 cm³/mol. The minimum absolute atomic E-state index is 0.00421. The van der Waals surface area contributed by atoms with Gasteiger partial charge in [-0.15, -0.1) is 0 Å². The molecule has 0 unspecified atom stereocenters. The zero-order valence-corrected chi connectivity index (χ0v) is 14.8. The van der Waals surface area contributed by atoms with E-state index in [-0.39, 0.29) is 23.3 Å². The molecule has 1 aliphatic rings. The lowest BCUT2D eigenvalue weighted by Crippen LogP contribution is -2.21. The molecule has 0 atom stereocenters. The predicted octanol–water partition coefficient (Wildman–Crippen LogP) is 5.64. The molecule has 27 heavy (non-hydrogen) atoms. The summed E-state index contributed by atoms with van der Waals surface area (Å²) in [6, 6.07) is 9.75. The Morgan fingerprint density at radius 3 is 2.44 bits per heavy atom. The van der Waals surface area contributed by atoms with Gasteiger partial charge in [-0.05, 0) is 43.2 Å². The maximum Gasteiger partial charge on any atom is 0.416 e. The van der Waals surface area contributed by atoms with Crippen LogP contribution in [0.3, 0.4) is 0 Å². The highest BCUT2D eigenvalue weighted by Gasteiger charge is 2.32. The number of amides is 1. The first-order chi connectivity index (χ1) is 12.9. The zero-order chi connectivity index (χ0) is 19.4. The Bertz CT molecular complexity index is 814. The SMILES string of the molecule is COc1cccc(Oc2ccc(C(F)(F)F)cc2NC(=O)C2CCCC2)c1. The van der Waals surface area contributed by atoms with Crippen LogP contribution in [0, 0.1) is 5.92 Å². The standard InChI is InChI=1S/C20H20F3NO3/c1-26-15-7-4-8-16(12-15)27-18-10-9-14(20(21,22)23)11-17(18)24-19(25)13-5-2-3-6-13/h4,7-13H,2-3,5-6H2,1H3,(H,24,25). The molecule has 1 fully saturated rings. The molecule has 2 aromatic rings. The average molecular weight is 379 g/mol. The van der Waals surface area contributed by atoms with Gasteiger partial charge < -0.3 is 14.8 Å². The minimum atomic E-state index is -4.51. The molecule has 0 bridgehead atoms. The lowest BCUT2D eigenvalue weighted by molar-refractivity contribution is -0.137. The van der Waals surface area contributed by atoms with Gasteiger partial charge in [0.1, 0.15) is 11.5 Å². The zero-order valence-electron chi connectivity index (χ0n) is 14.8. The highest BCUT2D eigenvalue weighted by Crippen LogP contribution is 2.38. The Morgan fingerprint density at radius 1 is 1.07 bits per heavy atom. The number of carbonyl (C=O) groups is 1. The molecule has 1 aliphatic carbocycles. The van der Waals surface area contributed by atoms with Crippen LogP contribution in [0.1, 0.15) is 31.2 Å². The van der Waals surface area contributed by atoms with E-state index in [4.69, 9.17) is 9.47 Å². The van der Waals surface area contributed by atoms with Gasteiger partial charge in [0.2, 0.25) is 5.91 Å². The van der Waals surface area contributed by atoms with E-state index in [9.17, 15) is 18.0 Å². The third-order valence-corrected chi connectivity index (χ3v) is 4.56. The van der Waals surface area contributed by atoms with Crippen molar-refractivity contribution in [2.75, 3.05) is 12.4 Å². The summed E-state index contributed by atoms with van der Waals surface area (Å²) < 4.78 is 50.1. The Balaban J connectivity index is 1.90. The highest BCUT2D eigenvalue weighted by atomic mass is 19.4. The summed E-state index contributed by atoms with van der Waals surface area (Å²) in [6.07, 6.45) is -1.11. The molecule has 3 rings (SSSR count). The molecule has 144 valence electrons. The molecule has 0 heterocycles. The molecule has 0 saturated heterocycles. The number of methoxy groups -OCH3 is 1. The van der Waals surface area contributed by atoms with Crippen LogP contribution < -0.4 is 14.8 Å². The van der Waals surface area contributed by atoms with Gasteiger partial charge in [0.25, 0.3) is 0 Å². The summed E-state index contributed by atoms with van der Waals surface area (Å²) in [7, 11) is 1.50. The summed E-state index contributed by atoms with van der Waals surface area (Å²) in [5.74, 6) is 0.635. The Labute approximate surface area is 155 Å². The first-order valence-electron chi connectivity index (χ1n) is 8.71. The van der Waals surface area contributed by atoms with E-state index < -0.39 is 11.7 Å².